The van der Waals surface area contributed by atoms with Crippen LogP contribution in [0.25, 0.3) is 0 Å². The molecule has 1 spiro atoms. The van der Waals surface area contributed by atoms with Gasteiger partial charge in [-0.15, -0.1) is 0 Å². The molecule has 4 aromatic carbocycles. The number of hydrogen-bond donors (Lipinski definition) is 0. The summed E-state index contributed by atoms with van der Waals surface area (Å²) in [6.07, 6.45) is 0. The maximum absolute atomic E-state index is 14.9. The third kappa shape index (κ3) is 3.08. The van der Waals surface area contributed by atoms with Crippen LogP contribution in [0, 0.1) is 0 Å². The molecular weight excluding hydrogens is 488 g/mol. The van der Waals surface area contributed by atoms with Crippen molar-refractivity contribution in [1.82, 2.24) is 4.90 Å². The summed E-state index contributed by atoms with van der Waals surface area (Å²) in [6, 6.07) is 32.3. The van der Waals surface area contributed by atoms with E-state index in [1.165, 1.54) is 0 Å². The molecule has 196 valence electrons. The SMILES string of the molecule is COc1ccc(C2(c3ccc(OC)cc3)C(=O)N(C(C)c3ccccc3)C23C(=O)N(C)c2ccccc23)cc1. The molecule has 2 heterocycles. The Morgan fingerprint density at radius 1 is 0.667 bits per heavy atom. The number of ether oxygens (including phenoxy) is 2. The van der Waals surface area contributed by atoms with Crippen molar-refractivity contribution in [1.29, 1.82) is 0 Å². The number of carbonyl (C=O) groups excluding carboxylic acids is 2. The molecule has 6 rings (SSSR count). The molecule has 0 N–H and O–H groups in total. The van der Waals surface area contributed by atoms with Gasteiger partial charge in [0.05, 0.1) is 20.3 Å². The van der Waals surface area contributed by atoms with Gasteiger partial charge in [0, 0.05) is 18.3 Å². The second-order valence-corrected chi connectivity index (χ2v) is 10.1. The summed E-state index contributed by atoms with van der Waals surface area (Å²) < 4.78 is 10.9. The molecule has 1 saturated heterocycles. The molecule has 0 radical (unpaired) electrons. The summed E-state index contributed by atoms with van der Waals surface area (Å²) in [5, 5.41) is 0. The zero-order chi connectivity index (χ0) is 27.4. The third-order valence-electron chi connectivity index (χ3n) is 8.43. The van der Waals surface area contributed by atoms with E-state index in [1.54, 1.807) is 31.1 Å². The first-order valence-corrected chi connectivity index (χ1v) is 13.0. The summed E-state index contributed by atoms with van der Waals surface area (Å²) in [4.78, 5) is 33.2. The number of likely N-dealkylation sites (N-methyl/N-ethyl adjacent to an activating group) is 1. The van der Waals surface area contributed by atoms with Gasteiger partial charge in [-0.3, -0.25) is 9.59 Å². The molecule has 2 unspecified atom stereocenters. The zero-order valence-electron chi connectivity index (χ0n) is 22.4. The molecule has 1 fully saturated rings. The monoisotopic (exact) mass is 518 g/mol. The van der Waals surface area contributed by atoms with Crippen LogP contribution in [0.3, 0.4) is 0 Å². The average molecular weight is 519 g/mol. The van der Waals surface area contributed by atoms with Gasteiger partial charge in [-0.1, -0.05) is 72.8 Å². The van der Waals surface area contributed by atoms with Gasteiger partial charge in [0.1, 0.15) is 16.9 Å². The van der Waals surface area contributed by atoms with E-state index in [9.17, 15) is 9.59 Å². The first-order chi connectivity index (χ1) is 18.9. The van der Waals surface area contributed by atoms with Crippen LogP contribution in [0.5, 0.6) is 11.5 Å². The van der Waals surface area contributed by atoms with Crippen molar-refractivity contribution < 1.29 is 19.1 Å². The molecule has 0 bridgehead atoms. The van der Waals surface area contributed by atoms with Crippen LogP contribution in [0.15, 0.2) is 103 Å². The van der Waals surface area contributed by atoms with Crippen LogP contribution in [-0.4, -0.2) is 38.0 Å². The Morgan fingerprint density at radius 2 is 1.18 bits per heavy atom. The summed E-state index contributed by atoms with van der Waals surface area (Å²) in [5.74, 6) is 1.08. The van der Waals surface area contributed by atoms with Crippen LogP contribution >= 0.6 is 0 Å². The minimum atomic E-state index is -1.31. The third-order valence-corrected chi connectivity index (χ3v) is 8.43. The number of carbonyl (C=O) groups is 2. The number of para-hydroxylation sites is 1. The Kier molecular flexibility index (Phi) is 5.72. The van der Waals surface area contributed by atoms with Crippen LogP contribution in [0.1, 0.15) is 35.2 Å². The Hall–Kier alpha value is -4.58. The number of β-lactam (4-membered cyclic amide) rings is 1. The lowest BCUT2D eigenvalue weighted by molar-refractivity contribution is -0.185. The lowest BCUT2D eigenvalue weighted by Gasteiger charge is -2.64. The highest BCUT2D eigenvalue weighted by atomic mass is 16.5. The molecule has 2 atom stereocenters. The Balaban J connectivity index is 1.70. The zero-order valence-corrected chi connectivity index (χ0v) is 22.4. The highest BCUT2D eigenvalue weighted by molar-refractivity contribution is 6.20. The van der Waals surface area contributed by atoms with Gasteiger partial charge in [0.15, 0.2) is 5.54 Å². The van der Waals surface area contributed by atoms with Crippen LogP contribution in [-0.2, 0) is 20.5 Å². The quantitative estimate of drug-likeness (QED) is 0.318. The molecule has 0 aromatic heterocycles. The van der Waals surface area contributed by atoms with E-state index in [-0.39, 0.29) is 17.9 Å². The van der Waals surface area contributed by atoms with Gasteiger partial charge in [-0.25, -0.2) is 0 Å². The van der Waals surface area contributed by atoms with Crippen molar-refractivity contribution in [2.24, 2.45) is 0 Å². The van der Waals surface area contributed by atoms with Crippen LogP contribution < -0.4 is 14.4 Å². The largest absolute Gasteiger partial charge is 0.497 e. The number of benzene rings is 4. The van der Waals surface area contributed by atoms with Gasteiger partial charge >= 0.3 is 0 Å². The number of likely N-dealkylation sites (tertiary alicyclic amines) is 1. The van der Waals surface area contributed by atoms with Gasteiger partial charge in [0.2, 0.25) is 5.91 Å². The predicted octanol–water partition coefficient (Wildman–Crippen LogP) is 5.47. The topological polar surface area (TPSA) is 59.1 Å². The number of fused-ring (bicyclic) bond motifs is 2. The van der Waals surface area contributed by atoms with E-state index in [0.717, 1.165) is 27.9 Å². The van der Waals surface area contributed by atoms with Gasteiger partial charge in [-0.05, 0) is 53.9 Å². The number of amides is 2. The minimum Gasteiger partial charge on any atom is -0.497 e. The number of nitrogens with zero attached hydrogens (tertiary/aromatic N) is 2. The number of hydrogen-bond acceptors (Lipinski definition) is 4. The molecule has 39 heavy (non-hydrogen) atoms. The molecule has 2 aliphatic heterocycles. The second-order valence-electron chi connectivity index (χ2n) is 10.1. The second kappa shape index (κ2) is 9.02. The maximum atomic E-state index is 14.9. The van der Waals surface area contributed by atoms with E-state index < -0.39 is 11.0 Å². The van der Waals surface area contributed by atoms with Crippen molar-refractivity contribution in [3.05, 3.63) is 125 Å². The normalized spacial score (nSPS) is 20.0. The summed E-state index contributed by atoms with van der Waals surface area (Å²) in [7, 11) is 5.01. The highest BCUT2D eigenvalue weighted by Gasteiger charge is 2.80. The fourth-order valence-electron chi connectivity index (χ4n) is 6.61. The van der Waals surface area contributed by atoms with Gasteiger partial charge in [-0.2, -0.15) is 0 Å². The van der Waals surface area contributed by atoms with Crippen molar-refractivity contribution in [3.8, 4) is 11.5 Å². The first kappa shape index (κ1) is 24.7. The fraction of sp³-hybridized carbons (Fsp3) is 0.212. The lowest BCUT2D eigenvalue weighted by atomic mass is 9.51. The smallest absolute Gasteiger partial charge is 0.259 e. The average Bonchev–Trinajstić information content (AvgIpc) is 3.22. The number of anilines is 1. The molecular formula is C33H30N2O4. The summed E-state index contributed by atoms with van der Waals surface area (Å²) in [6.45, 7) is 2.00. The summed E-state index contributed by atoms with van der Waals surface area (Å²) >= 11 is 0. The fourth-order valence-corrected chi connectivity index (χ4v) is 6.61. The molecule has 2 amide bonds. The molecule has 2 aliphatic rings. The highest BCUT2D eigenvalue weighted by Crippen LogP contribution is 2.66. The maximum Gasteiger partial charge on any atom is 0.259 e. The Bertz CT molecular complexity index is 1500. The van der Waals surface area contributed by atoms with Crippen molar-refractivity contribution in [2.75, 3.05) is 26.2 Å². The molecule has 6 nitrogen and oxygen atoms in total. The van der Waals surface area contributed by atoms with Crippen LogP contribution in [0.4, 0.5) is 5.69 Å². The van der Waals surface area contributed by atoms with Crippen molar-refractivity contribution >= 4 is 17.5 Å². The standard InChI is InChI=1S/C33H30N2O4/c1-22(23-10-6-5-7-11-23)35-30(36)32(24-14-18-26(38-3)19-15-24,25-16-20-27(39-4)21-17-25)33(35)28-12-8-9-13-29(28)34(2)31(33)37/h5-22H,1-4H3. The first-order valence-electron chi connectivity index (χ1n) is 13.0. The van der Waals surface area contributed by atoms with Crippen LogP contribution in [0.2, 0.25) is 0 Å². The molecule has 0 saturated carbocycles. The number of methoxy groups -OCH3 is 2. The van der Waals surface area contributed by atoms with E-state index in [1.807, 2.05) is 110 Å². The van der Waals surface area contributed by atoms with Gasteiger partial charge < -0.3 is 19.3 Å². The van der Waals surface area contributed by atoms with Crippen molar-refractivity contribution in [2.45, 2.75) is 23.9 Å². The lowest BCUT2D eigenvalue weighted by Crippen LogP contribution is -2.81. The molecule has 0 aliphatic carbocycles. The predicted molar refractivity (Wildman–Crippen MR) is 150 cm³/mol. The van der Waals surface area contributed by atoms with Crippen molar-refractivity contribution in [3.63, 3.8) is 0 Å². The molecule has 6 heteroatoms. The van der Waals surface area contributed by atoms with E-state index >= 15 is 0 Å². The van der Waals surface area contributed by atoms with E-state index in [0.29, 0.717) is 11.5 Å². The Morgan fingerprint density at radius 3 is 1.72 bits per heavy atom. The number of rotatable bonds is 6. The Labute approximate surface area is 228 Å². The summed E-state index contributed by atoms with van der Waals surface area (Å²) in [5.41, 5.74) is 1.41. The van der Waals surface area contributed by atoms with Gasteiger partial charge in [0.25, 0.3) is 5.91 Å². The minimum absolute atomic E-state index is 0.132. The molecule has 4 aromatic rings. The van der Waals surface area contributed by atoms with E-state index in [2.05, 4.69) is 0 Å². The van der Waals surface area contributed by atoms with E-state index in [4.69, 9.17) is 9.47 Å².